The minimum Gasteiger partial charge on any atom is -0.503 e. The van der Waals surface area contributed by atoms with Gasteiger partial charge in [0.05, 0.1) is 25.8 Å². The van der Waals surface area contributed by atoms with Gasteiger partial charge in [-0.3, -0.25) is 9.59 Å². The zero-order chi connectivity index (χ0) is 22.1. The summed E-state index contributed by atoms with van der Waals surface area (Å²) in [5.41, 5.74) is 2.84. The molecule has 0 fully saturated rings. The number of para-hydroxylation sites is 1. The summed E-state index contributed by atoms with van der Waals surface area (Å²) in [5.74, 6) is -0.368. The number of nitrogens with zero attached hydrogens (tertiary/aromatic N) is 1. The molecule has 4 rings (SSSR count). The molecule has 31 heavy (non-hydrogen) atoms. The number of benzene rings is 2. The second kappa shape index (κ2) is 8.18. The van der Waals surface area contributed by atoms with Crippen LogP contribution in [0.15, 0.2) is 60.0 Å². The number of hydrogen-bond acceptors (Lipinski definition) is 5. The SMILES string of the molecule is COc1ccc([C@@H]2C(C(C)=O)=C(O)C(=O)N2CCc2c[nH]c3ccccc23)cc1OC. The summed E-state index contributed by atoms with van der Waals surface area (Å²) >= 11 is 0. The van der Waals surface area contributed by atoms with Crippen molar-refractivity contribution < 1.29 is 24.2 Å². The molecule has 1 aliphatic rings. The smallest absolute Gasteiger partial charge is 0.290 e. The van der Waals surface area contributed by atoms with Crippen molar-refractivity contribution in [3.05, 3.63) is 71.1 Å². The molecule has 0 unspecified atom stereocenters. The summed E-state index contributed by atoms with van der Waals surface area (Å²) in [6.07, 6.45) is 2.49. The van der Waals surface area contributed by atoms with Crippen molar-refractivity contribution in [2.24, 2.45) is 0 Å². The number of ether oxygens (including phenoxy) is 2. The molecule has 7 nitrogen and oxygen atoms in total. The number of rotatable bonds is 7. The zero-order valence-electron chi connectivity index (χ0n) is 17.6. The highest BCUT2D eigenvalue weighted by atomic mass is 16.5. The number of ketones is 1. The standard InChI is InChI=1S/C24H24N2O5/c1-14(27)21-22(15-8-9-19(30-2)20(12-15)31-3)26(24(29)23(21)28)11-10-16-13-25-18-7-5-4-6-17(16)18/h4-9,12-13,22,25,28H,10-11H2,1-3H3/t22-/m1/s1. The molecule has 1 atom stereocenters. The largest absolute Gasteiger partial charge is 0.503 e. The average Bonchev–Trinajstić information content (AvgIpc) is 3.30. The molecule has 0 spiro atoms. The Morgan fingerprint density at radius 1 is 1.13 bits per heavy atom. The van der Waals surface area contributed by atoms with Crippen molar-refractivity contribution in [3.63, 3.8) is 0 Å². The van der Waals surface area contributed by atoms with Gasteiger partial charge in [-0.2, -0.15) is 0 Å². The van der Waals surface area contributed by atoms with Crippen molar-refractivity contribution in [1.82, 2.24) is 9.88 Å². The third-order valence-corrected chi connectivity index (χ3v) is 5.70. The number of methoxy groups -OCH3 is 2. The molecular formula is C24H24N2O5. The van der Waals surface area contributed by atoms with Crippen molar-refractivity contribution in [2.45, 2.75) is 19.4 Å². The van der Waals surface area contributed by atoms with Crippen LogP contribution in [0, 0.1) is 0 Å². The number of nitrogens with one attached hydrogen (secondary N) is 1. The lowest BCUT2D eigenvalue weighted by Gasteiger charge is -2.27. The molecule has 1 aromatic heterocycles. The van der Waals surface area contributed by atoms with Gasteiger partial charge in [-0.25, -0.2) is 0 Å². The molecule has 0 radical (unpaired) electrons. The van der Waals surface area contributed by atoms with Gasteiger partial charge in [-0.15, -0.1) is 0 Å². The number of carbonyl (C=O) groups is 2. The van der Waals surface area contributed by atoms with E-state index in [0.29, 0.717) is 30.0 Å². The first-order valence-electron chi connectivity index (χ1n) is 9.98. The Morgan fingerprint density at radius 2 is 1.87 bits per heavy atom. The Hall–Kier alpha value is -3.74. The number of Topliss-reactive ketones (excluding diaryl/α,β-unsaturated/α-hetero) is 1. The third-order valence-electron chi connectivity index (χ3n) is 5.70. The van der Waals surface area contributed by atoms with Gasteiger partial charge in [0, 0.05) is 23.6 Å². The average molecular weight is 420 g/mol. The normalized spacial score (nSPS) is 16.3. The Kier molecular flexibility index (Phi) is 5.42. The number of H-pyrrole nitrogens is 1. The molecule has 1 amide bonds. The van der Waals surface area contributed by atoms with Gasteiger partial charge in [0.15, 0.2) is 23.0 Å². The van der Waals surface area contributed by atoms with Crippen LogP contribution in [0.2, 0.25) is 0 Å². The van der Waals surface area contributed by atoms with E-state index in [1.54, 1.807) is 18.2 Å². The maximum Gasteiger partial charge on any atom is 0.290 e. The molecule has 0 aliphatic carbocycles. The molecule has 160 valence electrons. The minimum absolute atomic E-state index is 0.0937. The molecular weight excluding hydrogens is 396 g/mol. The summed E-state index contributed by atoms with van der Waals surface area (Å²) in [4.78, 5) is 30.0. The van der Waals surface area contributed by atoms with Crippen LogP contribution in [0.1, 0.15) is 24.1 Å². The van der Waals surface area contributed by atoms with Crippen LogP contribution >= 0.6 is 0 Å². The Labute approximate surface area is 179 Å². The number of fused-ring (bicyclic) bond motifs is 1. The van der Waals surface area contributed by atoms with Gasteiger partial charge < -0.3 is 24.5 Å². The predicted molar refractivity (Wildman–Crippen MR) is 116 cm³/mol. The number of aliphatic hydroxyl groups is 1. The minimum atomic E-state index is -0.699. The number of aromatic nitrogens is 1. The fraction of sp³-hybridized carbons (Fsp3) is 0.250. The molecule has 0 bridgehead atoms. The number of hydrogen-bond donors (Lipinski definition) is 2. The van der Waals surface area contributed by atoms with Gasteiger partial charge in [0.25, 0.3) is 5.91 Å². The third kappa shape index (κ3) is 3.52. The highest BCUT2D eigenvalue weighted by Crippen LogP contribution is 2.40. The molecule has 2 aromatic carbocycles. The lowest BCUT2D eigenvalue weighted by atomic mass is 9.96. The molecule has 2 N–H and O–H groups in total. The van der Waals surface area contributed by atoms with Crippen LogP contribution in [0.5, 0.6) is 11.5 Å². The highest BCUT2D eigenvalue weighted by Gasteiger charge is 2.42. The predicted octanol–water partition coefficient (Wildman–Crippen LogP) is 3.71. The van der Waals surface area contributed by atoms with Crippen LogP contribution in [0.3, 0.4) is 0 Å². The first-order chi connectivity index (χ1) is 15.0. The van der Waals surface area contributed by atoms with Crippen molar-refractivity contribution in [2.75, 3.05) is 20.8 Å². The van der Waals surface area contributed by atoms with Crippen LogP contribution in [-0.2, 0) is 16.0 Å². The van der Waals surface area contributed by atoms with E-state index >= 15 is 0 Å². The van der Waals surface area contributed by atoms with Gasteiger partial charge in [0.1, 0.15) is 0 Å². The number of aromatic amines is 1. The first-order valence-corrected chi connectivity index (χ1v) is 9.98. The molecule has 0 saturated heterocycles. The van der Waals surface area contributed by atoms with Crippen molar-refractivity contribution in [1.29, 1.82) is 0 Å². The quantitative estimate of drug-likeness (QED) is 0.608. The molecule has 7 heteroatoms. The molecule has 2 heterocycles. The number of carbonyl (C=O) groups excluding carboxylic acids is 2. The maximum absolute atomic E-state index is 12.9. The molecule has 1 aliphatic heterocycles. The van der Waals surface area contributed by atoms with Crippen LogP contribution in [0.25, 0.3) is 10.9 Å². The maximum atomic E-state index is 12.9. The Bertz CT molecular complexity index is 1190. The van der Waals surface area contributed by atoms with Crippen molar-refractivity contribution in [3.8, 4) is 11.5 Å². The van der Waals surface area contributed by atoms with E-state index in [0.717, 1.165) is 16.5 Å². The Morgan fingerprint density at radius 3 is 2.58 bits per heavy atom. The first kappa shape index (κ1) is 20.5. The van der Waals surface area contributed by atoms with E-state index in [1.807, 2.05) is 30.5 Å². The van der Waals surface area contributed by atoms with Crippen molar-refractivity contribution >= 4 is 22.6 Å². The summed E-state index contributed by atoms with van der Waals surface area (Å²) in [6.45, 7) is 1.69. The summed E-state index contributed by atoms with van der Waals surface area (Å²) in [7, 11) is 3.06. The van der Waals surface area contributed by atoms with Gasteiger partial charge in [-0.1, -0.05) is 24.3 Å². The van der Waals surface area contributed by atoms with E-state index in [9.17, 15) is 14.7 Å². The monoisotopic (exact) mass is 420 g/mol. The summed E-state index contributed by atoms with van der Waals surface area (Å²) < 4.78 is 10.7. The van der Waals surface area contributed by atoms with Crippen LogP contribution < -0.4 is 9.47 Å². The fourth-order valence-electron chi connectivity index (χ4n) is 4.19. The summed E-state index contributed by atoms with van der Waals surface area (Å²) in [5, 5.41) is 11.6. The van der Waals surface area contributed by atoms with Gasteiger partial charge in [-0.05, 0) is 42.7 Å². The lowest BCUT2D eigenvalue weighted by molar-refractivity contribution is -0.129. The fourth-order valence-corrected chi connectivity index (χ4v) is 4.19. The Balaban J connectivity index is 1.70. The van der Waals surface area contributed by atoms with E-state index < -0.39 is 17.7 Å². The van der Waals surface area contributed by atoms with Crippen LogP contribution in [0.4, 0.5) is 0 Å². The zero-order valence-corrected chi connectivity index (χ0v) is 17.6. The molecule has 0 saturated carbocycles. The van der Waals surface area contributed by atoms with Gasteiger partial charge >= 0.3 is 0 Å². The topological polar surface area (TPSA) is 91.9 Å². The van der Waals surface area contributed by atoms with Gasteiger partial charge in [0.2, 0.25) is 0 Å². The summed E-state index contributed by atoms with van der Waals surface area (Å²) in [6, 6.07) is 12.5. The second-order valence-electron chi connectivity index (χ2n) is 7.44. The molecule has 3 aromatic rings. The van der Waals surface area contributed by atoms with E-state index in [1.165, 1.54) is 26.0 Å². The van der Waals surface area contributed by atoms with E-state index in [4.69, 9.17) is 9.47 Å². The second-order valence-corrected chi connectivity index (χ2v) is 7.44. The van der Waals surface area contributed by atoms with E-state index in [2.05, 4.69) is 4.98 Å². The lowest BCUT2D eigenvalue weighted by Crippen LogP contribution is -2.32. The number of amides is 1. The highest BCUT2D eigenvalue weighted by molar-refractivity contribution is 6.08. The number of aliphatic hydroxyl groups excluding tert-OH is 1. The van der Waals surface area contributed by atoms with Crippen LogP contribution in [-0.4, -0.2) is 47.4 Å². The van der Waals surface area contributed by atoms with E-state index in [-0.39, 0.29) is 11.4 Å².